The number of esters is 3. The summed E-state index contributed by atoms with van der Waals surface area (Å²) in [5.74, 6) is -2.14. The normalized spacial score (nSPS) is 18.6. The quantitative estimate of drug-likeness (QED) is 0.0478. The largest absolute Gasteiger partial charge is 0.461 e. The molecule has 2 heterocycles. The summed E-state index contributed by atoms with van der Waals surface area (Å²) in [6, 6.07) is 51.2. The van der Waals surface area contributed by atoms with Gasteiger partial charge < -0.3 is 32.5 Å². The lowest BCUT2D eigenvalue weighted by Crippen LogP contribution is -2.69. The maximum atomic E-state index is 14.3. The Labute approximate surface area is 377 Å². The van der Waals surface area contributed by atoms with E-state index < -0.39 is 67.6 Å². The summed E-state index contributed by atoms with van der Waals surface area (Å²) < 4.78 is 45.5. The van der Waals surface area contributed by atoms with Gasteiger partial charge >= 0.3 is 23.5 Å². The maximum absolute atomic E-state index is 14.3. The SMILES string of the molecule is Cc1cc(=O)oc2cc(OC3OC(CO[Si](c4ccccc4)(c4ccccc4)C(C)(C)C)C(OC(=O)c4ccccc4)C(OC(=O)c4ccccc4)C3OC(=O)c3ccccc3)ccc12. The molecule has 0 amide bonds. The Hall–Kier alpha value is -7.12. The van der Waals surface area contributed by atoms with E-state index in [4.69, 9.17) is 32.5 Å². The molecule has 65 heavy (non-hydrogen) atoms. The Morgan fingerprint density at radius 3 is 1.49 bits per heavy atom. The molecule has 1 fully saturated rings. The van der Waals surface area contributed by atoms with Gasteiger partial charge in [-0.2, -0.15) is 0 Å². The summed E-state index contributed by atoms with van der Waals surface area (Å²) >= 11 is 0. The zero-order valence-corrected chi connectivity index (χ0v) is 37.3. The number of carbonyl (C=O) groups is 3. The fraction of sp³-hybridized carbons (Fsp3) is 0.208. The molecule has 8 rings (SSSR count). The van der Waals surface area contributed by atoms with Crippen molar-refractivity contribution in [2.75, 3.05) is 6.61 Å². The van der Waals surface area contributed by atoms with E-state index in [0.29, 0.717) is 10.9 Å². The van der Waals surface area contributed by atoms with Gasteiger partial charge in [-0.25, -0.2) is 19.2 Å². The predicted molar refractivity (Wildman–Crippen MR) is 247 cm³/mol. The fourth-order valence-electron chi connectivity index (χ4n) is 8.29. The zero-order chi connectivity index (χ0) is 45.6. The molecule has 1 aromatic heterocycles. The number of ether oxygens (including phenoxy) is 5. The first-order valence-electron chi connectivity index (χ1n) is 21.3. The van der Waals surface area contributed by atoms with E-state index in [0.717, 1.165) is 10.4 Å². The van der Waals surface area contributed by atoms with Gasteiger partial charge in [-0.3, -0.25) is 0 Å². The first kappa shape index (κ1) is 44.5. The summed E-state index contributed by atoms with van der Waals surface area (Å²) in [6.45, 7) is 7.97. The van der Waals surface area contributed by atoms with Crippen LogP contribution in [0.15, 0.2) is 185 Å². The predicted octanol–water partition coefficient (Wildman–Crippen LogP) is 8.46. The van der Waals surface area contributed by atoms with Gasteiger partial charge in [0, 0.05) is 17.5 Å². The summed E-state index contributed by atoms with van der Waals surface area (Å²) in [5.41, 5.74) is 0.996. The lowest BCUT2D eigenvalue weighted by atomic mass is 9.97. The van der Waals surface area contributed by atoms with E-state index in [2.05, 4.69) is 20.8 Å². The molecule has 11 nitrogen and oxygen atoms in total. The molecular weight excluding hydrogens is 841 g/mol. The molecule has 1 aliphatic rings. The van der Waals surface area contributed by atoms with Gasteiger partial charge in [-0.15, -0.1) is 0 Å². The third-order valence-corrected chi connectivity index (χ3v) is 16.4. The Morgan fingerprint density at radius 1 is 0.569 bits per heavy atom. The zero-order valence-electron chi connectivity index (χ0n) is 36.3. The lowest BCUT2D eigenvalue weighted by Gasteiger charge is -2.47. The molecule has 330 valence electrons. The standard InChI is InChI=1S/C53H48O11Si/c1-35-32-45(54)60-43-33-39(30-31-42(35)43)59-52-48(64-51(57)38-24-14-7-15-25-38)47(63-50(56)37-22-12-6-13-23-37)46(62-49(55)36-20-10-5-11-21-36)44(61-52)34-58-65(53(2,3)4,40-26-16-8-17-27-40)41-28-18-9-19-29-41/h5-33,44,46-48,52H,34H2,1-4H3. The van der Waals surface area contributed by atoms with Crippen molar-refractivity contribution in [3.05, 3.63) is 209 Å². The van der Waals surface area contributed by atoms with Gasteiger partial charge in [-0.05, 0) is 76.4 Å². The topological polar surface area (TPSA) is 137 Å². The smallest absolute Gasteiger partial charge is 0.338 e. The Kier molecular flexibility index (Phi) is 13.2. The minimum Gasteiger partial charge on any atom is -0.461 e. The first-order valence-corrected chi connectivity index (χ1v) is 23.2. The summed E-state index contributed by atoms with van der Waals surface area (Å²) in [7, 11) is -3.29. The van der Waals surface area contributed by atoms with Crippen LogP contribution in [-0.2, 0) is 23.4 Å². The number of carbonyl (C=O) groups excluding carboxylic acids is 3. The number of rotatable bonds is 13. The van der Waals surface area contributed by atoms with Gasteiger partial charge in [-0.1, -0.05) is 136 Å². The number of hydrogen-bond acceptors (Lipinski definition) is 11. The van der Waals surface area contributed by atoms with E-state index in [1.54, 1.807) is 110 Å². The van der Waals surface area contributed by atoms with Gasteiger partial charge in [0.25, 0.3) is 8.32 Å². The van der Waals surface area contributed by atoms with E-state index in [9.17, 15) is 19.2 Å². The third-order valence-electron chi connectivity index (χ3n) is 11.4. The molecule has 5 unspecified atom stereocenters. The Bertz CT molecular complexity index is 2760. The molecule has 5 atom stereocenters. The van der Waals surface area contributed by atoms with Crippen LogP contribution in [0.4, 0.5) is 0 Å². The molecule has 1 aliphatic heterocycles. The summed E-state index contributed by atoms with van der Waals surface area (Å²) in [4.78, 5) is 55.1. The van der Waals surface area contributed by atoms with Crippen molar-refractivity contribution < 1.29 is 46.9 Å². The van der Waals surface area contributed by atoms with E-state index in [1.807, 2.05) is 60.7 Å². The second kappa shape index (κ2) is 19.3. The van der Waals surface area contributed by atoms with E-state index in [1.165, 1.54) is 12.1 Å². The Balaban J connectivity index is 1.29. The van der Waals surface area contributed by atoms with Crippen LogP contribution in [0.5, 0.6) is 5.75 Å². The van der Waals surface area contributed by atoms with Gasteiger partial charge in [0.15, 0.2) is 12.2 Å². The molecule has 7 aromatic rings. The number of benzene rings is 6. The second-order valence-corrected chi connectivity index (χ2v) is 21.1. The van der Waals surface area contributed by atoms with Crippen molar-refractivity contribution in [2.45, 2.75) is 63.4 Å². The lowest BCUT2D eigenvalue weighted by molar-refractivity contribution is -0.274. The van der Waals surface area contributed by atoms with Crippen LogP contribution >= 0.6 is 0 Å². The molecule has 1 saturated heterocycles. The van der Waals surface area contributed by atoms with E-state index >= 15 is 0 Å². The highest BCUT2D eigenvalue weighted by Crippen LogP contribution is 2.39. The highest BCUT2D eigenvalue weighted by molar-refractivity contribution is 6.99. The van der Waals surface area contributed by atoms with Crippen LogP contribution in [0.1, 0.15) is 57.4 Å². The molecule has 0 spiro atoms. The van der Waals surface area contributed by atoms with Crippen molar-refractivity contribution in [2.24, 2.45) is 0 Å². The minimum atomic E-state index is -3.29. The maximum Gasteiger partial charge on any atom is 0.338 e. The van der Waals surface area contributed by atoms with Crippen LogP contribution in [0.3, 0.4) is 0 Å². The van der Waals surface area contributed by atoms with Crippen LogP contribution in [0.2, 0.25) is 5.04 Å². The van der Waals surface area contributed by atoms with E-state index in [-0.39, 0.29) is 34.6 Å². The molecule has 0 saturated carbocycles. The average Bonchev–Trinajstić information content (AvgIpc) is 3.32. The van der Waals surface area contributed by atoms with Crippen LogP contribution in [0, 0.1) is 6.92 Å². The van der Waals surface area contributed by atoms with Crippen molar-refractivity contribution in [1.29, 1.82) is 0 Å². The van der Waals surface area contributed by atoms with Crippen molar-refractivity contribution in [3.63, 3.8) is 0 Å². The van der Waals surface area contributed by atoms with Crippen molar-refractivity contribution >= 4 is 47.6 Å². The highest BCUT2D eigenvalue weighted by Gasteiger charge is 2.56. The van der Waals surface area contributed by atoms with Gasteiger partial charge in [0.2, 0.25) is 12.4 Å². The first-order chi connectivity index (χ1) is 31.4. The third kappa shape index (κ3) is 9.70. The number of aryl methyl sites for hydroxylation is 1. The highest BCUT2D eigenvalue weighted by atomic mass is 28.4. The summed E-state index contributed by atoms with van der Waals surface area (Å²) in [6.07, 6.45) is -7.29. The molecule has 6 aromatic carbocycles. The molecule has 0 radical (unpaired) electrons. The summed E-state index contributed by atoms with van der Waals surface area (Å²) in [5, 5.41) is 2.16. The molecule has 0 bridgehead atoms. The molecule has 12 heteroatoms. The van der Waals surface area contributed by atoms with Crippen molar-refractivity contribution in [1.82, 2.24) is 0 Å². The van der Waals surface area contributed by atoms with Crippen molar-refractivity contribution in [3.8, 4) is 5.75 Å². The molecule has 0 aliphatic carbocycles. The number of fused-ring (bicyclic) bond motifs is 1. The second-order valence-electron chi connectivity index (χ2n) is 16.7. The Morgan fingerprint density at radius 2 is 1.02 bits per heavy atom. The van der Waals surface area contributed by atoms with Crippen LogP contribution < -0.4 is 20.7 Å². The molecular formula is C53H48O11Si. The van der Waals surface area contributed by atoms with Crippen LogP contribution in [-0.4, -0.2) is 63.5 Å². The number of hydrogen-bond donors (Lipinski definition) is 0. The monoisotopic (exact) mass is 888 g/mol. The minimum absolute atomic E-state index is 0.177. The molecule has 0 N–H and O–H groups in total. The fourth-order valence-corrected chi connectivity index (χ4v) is 12.9. The van der Waals surface area contributed by atoms with Gasteiger partial charge in [0.05, 0.1) is 23.3 Å². The van der Waals surface area contributed by atoms with Crippen LogP contribution in [0.25, 0.3) is 11.0 Å². The van der Waals surface area contributed by atoms with Gasteiger partial charge in [0.1, 0.15) is 17.4 Å². The average molecular weight is 889 g/mol.